The Morgan fingerprint density at radius 2 is 1.00 bits per heavy atom. The molecule has 0 spiro atoms. The lowest BCUT2D eigenvalue weighted by molar-refractivity contribution is -0.119. The van der Waals surface area contributed by atoms with Gasteiger partial charge in [-0.1, -0.05) is 57.1 Å². The first kappa shape index (κ1) is 15.5. The summed E-state index contributed by atoms with van der Waals surface area (Å²) in [7, 11) is 0. The van der Waals surface area contributed by atoms with Crippen molar-refractivity contribution in [3.63, 3.8) is 0 Å². The Hall–Kier alpha value is -0.590. The summed E-state index contributed by atoms with van der Waals surface area (Å²) >= 11 is 0. The highest BCUT2D eigenvalue weighted by molar-refractivity contribution is 5.78. The van der Waals surface area contributed by atoms with Crippen LogP contribution in [0, 0.1) is 0 Å². The van der Waals surface area contributed by atoms with Gasteiger partial charge in [-0.3, -0.25) is 4.79 Å². The van der Waals surface area contributed by atoms with Crippen molar-refractivity contribution in [2.45, 2.75) is 89.9 Å². The van der Waals surface area contributed by atoms with Gasteiger partial charge in [0.2, 0.25) is 0 Å². The zero-order valence-corrected chi connectivity index (χ0v) is 12.0. The summed E-state index contributed by atoms with van der Waals surface area (Å²) in [6, 6.07) is 0. The Labute approximate surface area is 113 Å². The first-order chi connectivity index (χ1) is 8.89. The van der Waals surface area contributed by atoms with Crippen molar-refractivity contribution in [3.8, 4) is 0 Å². The van der Waals surface area contributed by atoms with E-state index in [-0.39, 0.29) is 0 Å². The van der Waals surface area contributed by atoms with Crippen LogP contribution < -0.4 is 0 Å². The Kier molecular flexibility index (Phi) is 9.88. The molecule has 0 amide bonds. The largest absolute Gasteiger partial charge is 0.300 e. The van der Waals surface area contributed by atoms with Gasteiger partial charge in [0.05, 0.1) is 0 Å². The van der Waals surface area contributed by atoms with Gasteiger partial charge in [-0.05, 0) is 32.1 Å². The first-order valence-electron chi connectivity index (χ1n) is 8.06. The van der Waals surface area contributed by atoms with Gasteiger partial charge in [0.15, 0.2) is 0 Å². The maximum absolute atomic E-state index is 11.6. The van der Waals surface area contributed by atoms with Gasteiger partial charge < -0.3 is 0 Å². The van der Waals surface area contributed by atoms with E-state index in [0.717, 1.165) is 32.1 Å². The summed E-state index contributed by atoms with van der Waals surface area (Å²) in [5.41, 5.74) is 0. The maximum Gasteiger partial charge on any atom is 0.132 e. The smallest absolute Gasteiger partial charge is 0.132 e. The fraction of sp³-hybridized carbons (Fsp3) is 0.824. The second-order valence-electron chi connectivity index (χ2n) is 5.62. The van der Waals surface area contributed by atoms with E-state index >= 15 is 0 Å². The van der Waals surface area contributed by atoms with Crippen LogP contribution in [0.1, 0.15) is 89.9 Å². The minimum atomic E-state index is 0.479. The molecule has 1 aliphatic rings. The topological polar surface area (TPSA) is 17.1 Å². The lowest BCUT2D eigenvalue weighted by atomic mass is 10.0. The Morgan fingerprint density at radius 1 is 0.556 bits per heavy atom. The molecule has 104 valence electrons. The molecule has 18 heavy (non-hydrogen) atoms. The van der Waals surface area contributed by atoms with Crippen LogP contribution in [-0.4, -0.2) is 5.78 Å². The number of carbonyl (C=O) groups is 1. The predicted molar refractivity (Wildman–Crippen MR) is 78.8 cm³/mol. The van der Waals surface area contributed by atoms with E-state index in [9.17, 15) is 4.79 Å². The summed E-state index contributed by atoms with van der Waals surface area (Å²) < 4.78 is 0. The monoisotopic (exact) mass is 250 g/mol. The summed E-state index contributed by atoms with van der Waals surface area (Å²) in [6.07, 6.45) is 21.6. The molecule has 0 atom stereocenters. The van der Waals surface area contributed by atoms with E-state index in [4.69, 9.17) is 0 Å². The van der Waals surface area contributed by atoms with Crippen molar-refractivity contribution in [1.29, 1.82) is 0 Å². The molecular weight excluding hydrogens is 220 g/mol. The van der Waals surface area contributed by atoms with Crippen LogP contribution in [-0.2, 0) is 4.79 Å². The van der Waals surface area contributed by atoms with Gasteiger partial charge >= 0.3 is 0 Å². The van der Waals surface area contributed by atoms with Crippen LogP contribution in [0.25, 0.3) is 0 Å². The van der Waals surface area contributed by atoms with Crippen LogP contribution in [0.4, 0.5) is 0 Å². The van der Waals surface area contributed by atoms with Gasteiger partial charge in [0, 0.05) is 12.8 Å². The molecule has 0 radical (unpaired) electrons. The van der Waals surface area contributed by atoms with Crippen LogP contribution >= 0.6 is 0 Å². The van der Waals surface area contributed by atoms with E-state index in [2.05, 4.69) is 12.2 Å². The molecule has 0 unspecified atom stereocenters. The molecule has 0 heterocycles. The second kappa shape index (κ2) is 11.5. The van der Waals surface area contributed by atoms with E-state index in [1.807, 2.05) is 0 Å². The lowest BCUT2D eigenvalue weighted by Gasteiger charge is -2.02. The molecule has 0 fully saturated rings. The third-order valence-electron chi connectivity index (χ3n) is 3.82. The van der Waals surface area contributed by atoms with E-state index < -0.39 is 0 Å². The van der Waals surface area contributed by atoms with Crippen molar-refractivity contribution in [1.82, 2.24) is 0 Å². The number of hydrogen-bond donors (Lipinski definition) is 0. The highest BCUT2D eigenvalue weighted by atomic mass is 16.1. The Morgan fingerprint density at radius 3 is 1.67 bits per heavy atom. The third kappa shape index (κ3) is 9.44. The number of hydrogen-bond acceptors (Lipinski definition) is 1. The van der Waals surface area contributed by atoms with Crippen molar-refractivity contribution in [2.75, 3.05) is 0 Å². The third-order valence-corrected chi connectivity index (χ3v) is 3.82. The minimum Gasteiger partial charge on any atom is -0.300 e. The van der Waals surface area contributed by atoms with E-state index in [1.165, 1.54) is 57.8 Å². The molecule has 0 bridgehead atoms. The molecule has 0 aromatic carbocycles. The molecule has 0 aliphatic heterocycles. The average molecular weight is 250 g/mol. The SMILES string of the molecule is O=C1CCC/C=C\CCCCCCCCCCC1. The highest BCUT2D eigenvalue weighted by Gasteiger charge is 2.01. The molecule has 1 nitrogen and oxygen atoms in total. The van der Waals surface area contributed by atoms with E-state index in [1.54, 1.807) is 0 Å². The quantitative estimate of drug-likeness (QED) is 0.512. The molecule has 0 N–H and O–H groups in total. The van der Waals surface area contributed by atoms with Gasteiger partial charge in [0.25, 0.3) is 0 Å². The van der Waals surface area contributed by atoms with Gasteiger partial charge in [0.1, 0.15) is 5.78 Å². The molecule has 0 aromatic rings. The van der Waals surface area contributed by atoms with Gasteiger partial charge in [-0.25, -0.2) is 0 Å². The number of Topliss-reactive ketones (excluding diaryl/α,β-unsaturated/α-hetero) is 1. The number of ketones is 1. The molecule has 0 saturated heterocycles. The normalized spacial score (nSPS) is 24.3. The van der Waals surface area contributed by atoms with Crippen LogP contribution in [0.5, 0.6) is 0 Å². The molecule has 1 rings (SSSR count). The van der Waals surface area contributed by atoms with Gasteiger partial charge in [-0.15, -0.1) is 0 Å². The summed E-state index contributed by atoms with van der Waals surface area (Å²) in [5.74, 6) is 0.479. The molecular formula is C17H30O. The number of allylic oxidation sites excluding steroid dienone is 2. The molecule has 1 heteroatoms. The Bertz CT molecular complexity index is 230. The number of rotatable bonds is 0. The van der Waals surface area contributed by atoms with Crippen LogP contribution in [0.2, 0.25) is 0 Å². The van der Waals surface area contributed by atoms with Gasteiger partial charge in [-0.2, -0.15) is 0 Å². The van der Waals surface area contributed by atoms with E-state index in [0.29, 0.717) is 5.78 Å². The average Bonchev–Trinajstić information content (AvgIpc) is 2.37. The predicted octanol–water partition coefficient (Wildman–Crippen LogP) is 5.59. The maximum atomic E-state index is 11.6. The van der Waals surface area contributed by atoms with Crippen molar-refractivity contribution >= 4 is 5.78 Å². The second-order valence-corrected chi connectivity index (χ2v) is 5.62. The molecule has 0 aromatic heterocycles. The van der Waals surface area contributed by atoms with Crippen molar-refractivity contribution < 1.29 is 4.79 Å². The lowest BCUT2D eigenvalue weighted by Crippen LogP contribution is -1.97. The highest BCUT2D eigenvalue weighted by Crippen LogP contribution is 2.13. The zero-order chi connectivity index (χ0) is 12.9. The molecule has 1 aliphatic carbocycles. The Balaban J connectivity index is 2.18. The summed E-state index contributed by atoms with van der Waals surface area (Å²) in [5, 5.41) is 0. The first-order valence-corrected chi connectivity index (χ1v) is 8.06. The molecule has 0 saturated carbocycles. The van der Waals surface area contributed by atoms with Crippen LogP contribution in [0.15, 0.2) is 12.2 Å². The fourth-order valence-electron chi connectivity index (χ4n) is 2.60. The van der Waals surface area contributed by atoms with Crippen molar-refractivity contribution in [3.05, 3.63) is 12.2 Å². The van der Waals surface area contributed by atoms with Crippen molar-refractivity contribution in [2.24, 2.45) is 0 Å². The van der Waals surface area contributed by atoms with Crippen LogP contribution in [0.3, 0.4) is 0 Å². The minimum absolute atomic E-state index is 0.479. The number of carbonyl (C=O) groups excluding carboxylic acids is 1. The zero-order valence-electron chi connectivity index (χ0n) is 12.0. The standard InChI is InChI=1S/C17H30O/c18-17-15-13-11-9-7-5-3-1-2-4-6-8-10-12-14-16-17/h7,9H,1-6,8,10-16H2/b9-7-. The summed E-state index contributed by atoms with van der Waals surface area (Å²) in [6.45, 7) is 0. The summed E-state index contributed by atoms with van der Waals surface area (Å²) in [4.78, 5) is 11.6. The fourth-order valence-corrected chi connectivity index (χ4v) is 2.60.